The van der Waals surface area contributed by atoms with Gasteiger partial charge in [0.2, 0.25) is 5.56 Å². The number of halogens is 1. The molecule has 7 heteroatoms. The average molecular weight is 318 g/mol. The molecule has 2 N–H and O–H groups in total. The van der Waals surface area contributed by atoms with Crippen LogP contribution in [0.15, 0.2) is 29.1 Å². The summed E-state index contributed by atoms with van der Waals surface area (Å²) in [6, 6.07) is 4.97. The van der Waals surface area contributed by atoms with Gasteiger partial charge in [0, 0.05) is 24.5 Å². The molecular weight excluding hydrogens is 303 g/mol. The molecular formula is C16H15FN2O4. The van der Waals surface area contributed by atoms with E-state index in [2.05, 4.69) is 4.98 Å². The van der Waals surface area contributed by atoms with Crippen molar-refractivity contribution in [3.8, 4) is 0 Å². The highest BCUT2D eigenvalue weighted by Gasteiger charge is 2.37. The molecule has 1 aliphatic heterocycles. The quantitative estimate of drug-likeness (QED) is 0.877. The zero-order chi connectivity index (χ0) is 16.7. The van der Waals surface area contributed by atoms with Gasteiger partial charge < -0.3 is 15.0 Å². The molecule has 6 nitrogen and oxygen atoms in total. The number of carbonyl (C=O) groups is 2. The number of nitrogens with zero attached hydrogens (tertiary/aromatic N) is 1. The summed E-state index contributed by atoms with van der Waals surface area (Å²) in [6.45, 7) is 2.19. The molecule has 1 aliphatic rings. The minimum Gasteiger partial charge on any atom is -0.481 e. The largest absolute Gasteiger partial charge is 0.481 e. The van der Waals surface area contributed by atoms with Crippen molar-refractivity contribution in [3.05, 3.63) is 46.0 Å². The van der Waals surface area contributed by atoms with Crippen molar-refractivity contribution in [2.24, 2.45) is 11.8 Å². The molecule has 1 aromatic heterocycles. The summed E-state index contributed by atoms with van der Waals surface area (Å²) >= 11 is 0. The van der Waals surface area contributed by atoms with E-state index in [1.54, 1.807) is 6.92 Å². The zero-order valence-electron chi connectivity index (χ0n) is 12.4. The number of aromatic amines is 1. The van der Waals surface area contributed by atoms with Gasteiger partial charge in [-0.05, 0) is 24.1 Å². The van der Waals surface area contributed by atoms with E-state index >= 15 is 0 Å². The Hall–Kier alpha value is -2.70. The van der Waals surface area contributed by atoms with Gasteiger partial charge >= 0.3 is 5.97 Å². The maximum atomic E-state index is 13.3. The molecule has 1 saturated heterocycles. The van der Waals surface area contributed by atoms with Crippen molar-refractivity contribution in [3.63, 3.8) is 0 Å². The van der Waals surface area contributed by atoms with Crippen LogP contribution in [-0.2, 0) is 4.79 Å². The van der Waals surface area contributed by atoms with E-state index < -0.39 is 29.2 Å². The molecule has 0 saturated carbocycles. The summed E-state index contributed by atoms with van der Waals surface area (Å²) in [7, 11) is 0. The Morgan fingerprint density at radius 2 is 2.04 bits per heavy atom. The lowest BCUT2D eigenvalue weighted by molar-refractivity contribution is -0.142. The summed E-state index contributed by atoms with van der Waals surface area (Å²) in [5.41, 5.74) is -0.113. The minimum atomic E-state index is -0.939. The van der Waals surface area contributed by atoms with Crippen LogP contribution in [0, 0.1) is 17.7 Å². The normalized spacial score (nSPS) is 20.9. The fourth-order valence-corrected chi connectivity index (χ4v) is 3.03. The van der Waals surface area contributed by atoms with E-state index in [0.717, 1.165) is 6.07 Å². The second-order valence-electron chi connectivity index (χ2n) is 5.87. The third-order valence-electron chi connectivity index (χ3n) is 4.25. The van der Waals surface area contributed by atoms with Gasteiger partial charge in [0.1, 0.15) is 5.82 Å². The van der Waals surface area contributed by atoms with Gasteiger partial charge in [-0.15, -0.1) is 0 Å². The molecule has 23 heavy (non-hydrogen) atoms. The van der Waals surface area contributed by atoms with Gasteiger partial charge in [-0.2, -0.15) is 0 Å². The predicted molar refractivity (Wildman–Crippen MR) is 80.7 cm³/mol. The van der Waals surface area contributed by atoms with Crippen molar-refractivity contribution in [2.75, 3.05) is 13.1 Å². The molecule has 0 aliphatic carbocycles. The first-order chi connectivity index (χ1) is 10.9. The monoisotopic (exact) mass is 318 g/mol. The highest BCUT2D eigenvalue weighted by atomic mass is 19.1. The first kappa shape index (κ1) is 15.2. The van der Waals surface area contributed by atoms with Gasteiger partial charge in [-0.25, -0.2) is 4.39 Å². The average Bonchev–Trinajstić information content (AvgIpc) is 2.87. The highest BCUT2D eigenvalue weighted by molar-refractivity contribution is 6.06. The molecule has 0 spiro atoms. The highest BCUT2D eigenvalue weighted by Crippen LogP contribution is 2.26. The number of pyridine rings is 1. The number of benzene rings is 1. The number of carbonyl (C=O) groups excluding carboxylic acids is 1. The third kappa shape index (κ3) is 2.69. The number of likely N-dealkylation sites (tertiary alicyclic amines) is 1. The summed E-state index contributed by atoms with van der Waals surface area (Å²) in [5.74, 6) is -2.65. The number of hydrogen-bond donors (Lipinski definition) is 2. The van der Waals surface area contributed by atoms with Gasteiger partial charge in [0.15, 0.2) is 0 Å². The first-order valence-electron chi connectivity index (χ1n) is 7.21. The molecule has 3 rings (SSSR count). The lowest BCUT2D eigenvalue weighted by Crippen LogP contribution is -2.31. The van der Waals surface area contributed by atoms with E-state index in [-0.39, 0.29) is 23.5 Å². The molecule has 1 amide bonds. The van der Waals surface area contributed by atoms with E-state index in [4.69, 9.17) is 5.11 Å². The van der Waals surface area contributed by atoms with Gasteiger partial charge in [0.05, 0.1) is 17.0 Å². The van der Waals surface area contributed by atoms with Crippen molar-refractivity contribution in [1.82, 2.24) is 9.88 Å². The molecule has 120 valence electrons. The maximum Gasteiger partial charge on any atom is 0.308 e. The van der Waals surface area contributed by atoms with Crippen molar-refractivity contribution >= 4 is 22.8 Å². The summed E-state index contributed by atoms with van der Waals surface area (Å²) in [4.78, 5) is 39.5. The second kappa shape index (κ2) is 5.49. The van der Waals surface area contributed by atoms with Crippen LogP contribution in [0.1, 0.15) is 17.3 Å². The van der Waals surface area contributed by atoms with E-state index in [9.17, 15) is 18.8 Å². The molecule has 2 aromatic rings. The lowest BCUT2D eigenvalue weighted by atomic mass is 9.99. The number of aromatic nitrogens is 1. The number of H-pyrrole nitrogens is 1. The Morgan fingerprint density at radius 3 is 2.70 bits per heavy atom. The van der Waals surface area contributed by atoms with Crippen LogP contribution in [0.3, 0.4) is 0 Å². The van der Waals surface area contributed by atoms with Crippen LogP contribution in [0.5, 0.6) is 0 Å². The number of hydrogen-bond acceptors (Lipinski definition) is 3. The van der Waals surface area contributed by atoms with Crippen LogP contribution in [0.25, 0.3) is 10.9 Å². The van der Waals surface area contributed by atoms with Crippen LogP contribution in [0.2, 0.25) is 0 Å². The van der Waals surface area contributed by atoms with E-state index in [1.807, 2.05) is 0 Å². The number of amides is 1. The molecule has 2 heterocycles. The lowest BCUT2D eigenvalue weighted by Gasteiger charge is -2.17. The second-order valence-corrected chi connectivity index (χ2v) is 5.87. The third-order valence-corrected chi connectivity index (χ3v) is 4.25. The van der Waals surface area contributed by atoms with Crippen molar-refractivity contribution < 1.29 is 19.1 Å². The molecule has 0 bridgehead atoms. The van der Waals surface area contributed by atoms with Gasteiger partial charge in [-0.1, -0.05) is 6.92 Å². The van der Waals surface area contributed by atoms with E-state index in [0.29, 0.717) is 11.9 Å². The fraction of sp³-hybridized carbons (Fsp3) is 0.312. The standard InChI is InChI=1S/C16H15FN2O4/c1-8-6-19(7-12(8)16(22)23)15(21)11-5-14(20)18-13-4-9(17)2-3-10(11)13/h2-5,8,12H,6-7H2,1H3,(H,18,20)(H,22,23)/t8-,12-/m1/s1. The zero-order valence-corrected chi connectivity index (χ0v) is 12.4. The number of nitrogens with one attached hydrogen (secondary N) is 1. The minimum absolute atomic E-state index is 0.102. The van der Waals surface area contributed by atoms with Crippen molar-refractivity contribution in [2.45, 2.75) is 6.92 Å². The van der Waals surface area contributed by atoms with E-state index in [1.165, 1.54) is 23.1 Å². The fourth-order valence-electron chi connectivity index (χ4n) is 3.03. The Bertz CT molecular complexity index is 861. The summed E-state index contributed by atoms with van der Waals surface area (Å²) in [6.07, 6.45) is 0. The number of carboxylic acids is 1. The molecule has 0 unspecified atom stereocenters. The Kier molecular flexibility index (Phi) is 3.63. The van der Waals surface area contributed by atoms with Crippen LogP contribution >= 0.6 is 0 Å². The Morgan fingerprint density at radius 1 is 1.30 bits per heavy atom. The van der Waals surface area contributed by atoms with Crippen molar-refractivity contribution in [1.29, 1.82) is 0 Å². The van der Waals surface area contributed by atoms with Crippen LogP contribution < -0.4 is 5.56 Å². The summed E-state index contributed by atoms with van der Waals surface area (Å²) in [5, 5.41) is 9.60. The SMILES string of the molecule is C[C@@H]1CN(C(=O)c2cc(=O)[nH]c3cc(F)ccc23)C[C@H]1C(=O)O. The molecule has 1 fully saturated rings. The van der Waals surface area contributed by atoms with Gasteiger partial charge in [0.25, 0.3) is 5.91 Å². The predicted octanol–water partition coefficient (Wildman–Crippen LogP) is 1.46. The summed E-state index contributed by atoms with van der Waals surface area (Å²) < 4.78 is 13.3. The van der Waals surface area contributed by atoms with Crippen LogP contribution in [0.4, 0.5) is 4.39 Å². The first-order valence-corrected chi connectivity index (χ1v) is 7.21. The number of fused-ring (bicyclic) bond motifs is 1. The maximum absolute atomic E-state index is 13.3. The molecule has 0 radical (unpaired) electrons. The number of carboxylic acid groups (broad SMARTS) is 1. The smallest absolute Gasteiger partial charge is 0.308 e. The molecule has 2 atom stereocenters. The number of rotatable bonds is 2. The Labute approximate surface area is 130 Å². The number of aliphatic carboxylic acids is 1. The Balaban J connectivity index is 2.02. The van der Waals surface area contributed by atoms with Gasteiger partial charge in [-0.3, -0.25) is 14.4 Å². The molecule has 1 aromatic carbocycles. The topological polar surface area (TPSA) is 90.5 Å². The van der Waals surface area contributed by atoms with Crippen LogP contribution in [-0.4, -0.2) is 40.0 Å².